The number of hydroxylamine groups is 2. The molecule has 1 saturated carbocycles. The lowest BCUT2D eigenvalue weighted by Gasteiger charge is -2.32. The summed E-state index contributed by atoms with van der Waals surface area (Å²) >= 11 is 0. The predicted molar refractivity (Wildman–Crippen MR) is 66.7 cm³/mol. The van der Waals surface area contributed by atoms with Crippen molar-refractivity contribution in [3.63, 3.8) is 0 Å². The van der Waals surface area contributed by atoms with Gasteiger partial charge in [-0.2, -0.15) is 0 Å². The highest BCUT2D eigenvalue weighted by Gasteiger charge is 2.28. The van der Waals surface area contributed by atoms with Gasteiger partial charge in [-0.05, 0) is 52.4 Å². The summed E-state index contributed by atoms with van der Waals surface area (Å²) in [5.74, 6) is -0.575. The monoisotopic (exact) mass is 257 g/mol. The Morgan fingerprint density at radius 1 is 1.33 bits per heavy atom. The maximum absolute atomic E-state index is 10.9. The van der Waals surface area contributed by atoms with Crippen molar-refractivity contribution in [2.24, 2.45) is 11.8 Å². The Morgan fingerprint density at radius 3 is 2.28 bits per heavy atom. The maximum Gasteiger partial charge on any atom is 0.306 e. The van der Waals surface area contributed by atoms with Gasteiger partial charge >= 0.3 is 5.97 Å². The molecule has 1 amide bonds. The molecule has 18 heavy (non-hydrogen) atoms. The topological polar surface area (TPSA) is 66.8 Å². The van der Waals surface area contributed by atoms with Crippen LogP contribution < -0.4 is 0 Å². The number of rotatable bonds is 5. The fraction of sp³-hybridized carbons (Fsp3) is 0.846. The number of nitrogens with zero attached hydrogens (tertiary/aromatic N) is 1. The molecule has 1 N–H and O–H groups in total. The van der Waals surface area contributed by atoms with Crippen LogP contribution in [0.15, 0.2) is 0 Å². The molecule has 0 spiro atoms. The van der Waals surface area contributed by atoms with E-state index in [1.807, 2.05) is 20.8 Å². The van der Waals surface area contributed by atoms with Gasteiger partial charge in [0, 0.05) is 0 Å². The van der Waals surface area contributed by atoms with E-state index in [0.29, 0.717) is 31.7 Å². The number of hydrogen-bond donors (Lipinski definition) is 1. The Kier molecular flexibility index (Phi) is 5.14. The van der Waals surface area contributed by atoms with Crippen molar-refractivity contribution in [3.05, 3.63) is 0 Å². The van der Waals surface area contributed by atoms with Gasteiger partial charge in [-0.15, -0.1) is 0 Å². The summed E-state index contributed by atoms with van der Waals surface area (Å²) in [5, 5.41) is 10.3. The number of carboxylic acid groups (broad SMARTS) is 1. The SMILES string of the molecule is CC(C)(C)ON(C=O)C[C@H]1CC[C@H](C(=O)O)CC1. The Hall–Kier alpha value is -1.10. The first kappa shape index (κ1) is 15.0. The Morgan fingerprint density at radius 2 is 1.89 bits per heavy atom. The Labute approximate surface area is 108 Å². The average Bonchev–Trinajstić information content (AvgIpc) is 2.27. The molecular formula is C13H23NO4. The lowest BCUT2D eigenvalue weighted by Crippen LogP contribution is -2.37. The van der Waals surface area contributed by atoms with Gasteiger partial charge in [0.25, 0.3) is 0 Å². The van der Waals surface area contributed by atoms with Crippen LogP contribution in [0.1, 0.15) is 46.5 Å². The normalized spacial score (nSPS) is 24.6. The van der Waals surface area contributed by atoms with E-state index >= 15 is 0 Å². The lowest BCUT2D eigenvalue weighted by atomic mass is 9.82. The van der Waals surface area contributed by atoms with E-state index in [1.165, 1.54) is 5.06 Å². The standard InChI is InChI=1S/C13H23NO4/c1-13(2,3)18-14(9-15)8-10-4-6-11(7-5-10)12(16)17/h9-11H,4-8H2,1-3H3,(H,16,17)/t10-,11-. The highest BCUT2D eigenvalue weighted by atomic mass is 16.7. The van der Waals surface area contributed by atoms with E-state index in [-0.39, 0.29) is 11.5 Å². The fourth-order valence-electron chi connectivity index (χ4n) is 2.30. The summed E-state index contributed by atoms with van der Waals surface area (Å²) in [5.41, 5.74) is -0.390. The summed E-state index contributed by atoms with van der Waals surface area (Å²) in [6.07, 6.45) is 3.78. The molecule has 0 atom stereocenters. The van der Waals surface area contributed by atoms with Crippen molar-refractivity contribution in [1.29, 1.82) is 0 Å². The van der Waals surface area contributed by atoms with E-state index in [1.54, 1.807) is 0 Å². The van der Waals surface area contributed by atoms with Gasteiger partial charge in [0.05, 0.1) is 18.1 Å². The van der Waals surface area contributed by atoms with Crippen LogP contribution in [0, 0.1) is 11.8 Å². The largest absolute Gasteiger partial charge is 0.481 e. The summed E-state index contributed by atoms with van der Waals surface area (Å²) in [6, 6.07) is 0. The molecule has 1 aliphatic carbocycles. The van der Waals surface area contributed by atoms with E-state index < -0.39 is 5.97 Å². The van der Waals surface area contributed by atoms with Crippen molar-refractivity contribution in [3.8, 4) is 0 Å². The van der Waals surface area contributed by atoms with Crippen molar-refractivity contribution < 1.29 is 19.5 Å². The molecule has 1 rings (SSSR count). The molecule has 1 fully saturated rings. The molecule has 1 aliphatic rings. The van der Waals surface area contributed by atoms with Gasteiger partial charge in [-0.1, -0.05) is 0 Å². The predicted octanol–water partition coefficient (Wildman–Crippen LogP) is 2.07. The smallest absolute Gasteiger partial charge is 0.306 e. The third-order valence-corrected chi connectivity index (χ3v) is 3.14. The van der Waals surface area contributed by atoms with Crippen LogP contribution in [0.2, 0.25) is 0 Å². The molecule has 5 heteroatoms. The minimum atomic E-state index is -0.702. The quantitative estimate of drug-likeness (QED) is 0.604. The van der Waals surface area contributed by atoms with Gasteiger partial charge in [0.1, 0.15) is 0 Å². The zero-order chi connectivity index (χ0) is 13.8. The zero-order valence-electron chi connectivity index (χ0n) is 11.4. The molecule has 0 bridgehead atoms. The molecule has 0 saturated heterocycles. The van der Waals surface area contributed by atoms with Gasteiger partial charge in [-0.3, -0.25) is 14.4 Å². The van der Waals surface area contributed by atoms with Gasteiger partial charge < -0.3 is 5.11 Å². The van der Waals surface area contributed by atoms with Crippen LogP contribution in [-0.4, -0.2) is 34.7 Å². The number of carboxylic acids is 1. The second-order valence-electron chi connectivity index (χ2n) is 5.96. The third-order valence-electron chi connectivity index (χ3n) is 3.14. The van der Waals surface area contributed by atoms with Crippen LogP contribution in [-0.2, 0) is 14.4 Å². The van der Waals surface area contributed by atoms with Crippen LogP contribution in [0.5, 0.6) is 0 Å². The van der Waals surface area contributed by atoms with Crippen LogP contribution in [0.25, 0.3) is 0 Å². The maximum atomic E-state index is 10.9. The van der Waals surface area contributed by atoms with E-state index in [2.05, 4.69) is 0 Å². The van der Waals surface area contributed by atoms with E-state index in [4.69, 9.17) is 9.94 Å². The first-order chi connectivity index (χ1) is 8.31. The summed E-state index contributed by atoms with van der Waals surface area (Å²) < 4.78 is 0. The van der Waals surface area contributed by atoms with E-state index in [0.717, 1.165) is 12.8 Å². The van der Waals surface area contributed by atoms with Crippen LogP contribution in [0.4, 0.5) is 0 Å². The second-order valence-corrected chi connectivity index (χ2v) is 5.96. The third kappa shape index (κ3) is 5.04. The molecule has 0 heterocycles. The number of carbonyl (C=O) groups is 2. The molecule has 0 aliphatic heterocycles. The fourth-order valence-corrected chi connectivity index (χ4v) is 2.30. The lowest BCUT2D eigenvalue weighted by molar-refractivity contribution is -0.220. The molecule has 0 aromatic carbocycles. The molecule has 0 unspecified atom stereocenters. The second kappa shape index (κ2) is 6.18. The molecule has 0 aromatic rings. The first-order valence-electron chi connectivity index (χ1n) is 6.45. The number of hydrogen-bond acceptors (Lipinski definition) is 3. The van der Waals surface area contributed by atoms with Gasteiger partial charge in [0.2, 0.25) is 6.41 Å². The van der Waals surface area contributed by atoms with Crippen molar-refractivity contribution >= 4 is 12.4 Å². The number of carbonyl (C=O) groups excluding carboxylic acids is 1. The molecule has 5 nitrogen and oxygen atoms in total. The minimum absolute atomic E-state index is 0.213. The zero-order valence-corrected chi connectivity index (χ0v) is 11.4. The molecule has 104 valence electrons. The van der Waals surface area contributed by atoms with Crippen LogP contribution >= 0.6 is 0 Å². The highest BCUT2D eigenvalue weighted by Crippen LogP contribution is 2.29. The van der Waals surface area contributed by atoms with E-state index in [9.17, 15) is 9.59 Å². The first-order valence-corrected chi connectivity index (χ1v) is 6.45. The van der Waals surface area contributed by atoms with Crippen LogP contribution in [0.3, 0.4) is 0 Å². The van der Waals surface area contributed by atoms with Crippen molar-refractivity contribution in [2.45, 2.75) is 52.1 Å². The Bertz CT molecular complexity index is 290. The number of aliphatic carboxylic acids is 1. The minimum Gasteiger partial charge on any atom is -0.481 e. The Balaban J connectivity index is 2.39. The average molecular weight is 257 g/mol. The van der Waals surface area contributed by atoms with Gasteiger partial charge in [0.15, 0.2) is 0 Å². The molecular weight excluding hydrogens is 234 g/mol. The van der Waals surface area contributed by atoms with Gasteiger partial charge in [-0.25, -0.2) is 5.06 Å². The molecule has 0 radical (unpaired) electrons. The van der Waals surface area contributed by atoms with Crippen molar-refractivity contribution in [2.75, 3.05) is 6.54 Å². The summed E-state index contributed by atoms with van der Waals surface area (Å²) in [4.78, 5) is 27.3. The number of amides is 1. The summed E-state index contributed by atoms with van der Waals surface area (Å²) in [6.45, 7) is 6.23. The van der Waals surface area contributed by atoms with Crippen molar-refractivity contribution in [1.82, 2.24) is 5.06 Å². The summed E-state index contributed by atoms with van der Waals surface area (Å²) in [7, 11) is 0. The molecule has 0 aromatic heterocycles. The highest BCUT2D eigenvalue weighted by molar-refractivity contribution is 5.69.